The quantitative estimate of drug-likeness (QED) is 0.575. The van der Waals surface area contributed by atoms with Gasteiger partial charge in [0.25, 0.3) is 5.56 Å². The molecule has 2 heterocycles. The van der Waals surface area contributed by atoms with Crippen molar-refractivity contribution in [3.63, 3.8) is 0 Å². The molecule has 1 aliphatic heterocycles. The highest BCUT2D eigenvalue weighted by molar-refractivity contribution is 5.70. The summed E-state index contributed by atoms with van der Waals surface area (Å²) in [6.07, 6.45) is 3.24. The van der Waals surface area contributed by atoms with Crippen LogP contribution in [-0.4, -0.2) is 33.8 Å². The molecule has 2 atom stereocenters. The smallest absolute Gasteiger partial charge is 0.411 e. The summed E-state index contributed by atoms with van der Waals surface area (Å²) in [5, 5.41) is 9.38. The van der Waals surface area contributed by atoms with Gasteiger partial charge in [0.1, 0.15) is 5.60 Å². The molecule has 1 aromatic heterocycles. The van der Waals surface area contributed by atoms with Gasteiger partial charge in [0.15, 0.2) is 0 Å². The topological polar surface area (TPSA) is 71.8 Å². The molecule has 6 heteroatoms. The second-order valence-corrected chi connectivity index (χ2v) is 8.66. The SMILES string of the molecule is C[C@@H](c1ccc(-c2ccn(C)c(=O)c2)cc1)N1CC[C@](CCCO)(c2ccccc2)OC1=O. The van der Waals surface area contributed by atoms with E-state index in [1.807, 2.05) is 67.6 Å². The Bertz CT molecular complexity index is 1160. The maximum atomic E-state index is 13.1. The van der Waals surface area contributed by atoms with Crippen LogP contribution in [0.15, 0.2) is 77.7 Å². The van der Waals surface area contributed by atoms with E-state index in [4.69, 9.17) is 4.74 Å². The number of benzene rings is 2. The fourth-order valence-corrected chi connectivity index (χ4v) is 4.51. The highest BCUT2D eigenvalue weighted by atomic mass is 16.6. The van der Waals surface area contributed by atoms with Crippen LogP contribution in [0.25, 0.3) is 11.1 Å². The number of aromatic nitrogens is 1. The maximum Gasteiger partial charge on any atom is 0.411 e. The van der Waals surface area contributed by atoms with Gasteiger partial charge < -0.3 is 19.3 Å². The third kappa shape index (κ3) is 4.71. The summed E-state index contributed by atoms with van der Waals surface area (Å²) in [5.74, 6) is 0. The van der Waals surface area contributed by atoms with E-state index >= 15 is 0 Å². The number of hydrogen-bond donors (Lipinski definition) is 1. The van der Waals surface area contributed by atoms with Crippen molar-refractivity contribution in [1.82, 2.24) is 9.47 Å². The highest BCUT2D eigenvalue weighted by Gasteiger charge is 2.43. The van der Waals surface area contributed by atoms with Gasteiger partial charge in [-0.3, -0.25) is 4.79 Å². The molecule has 1 N–H and O–H groups in total. The van der Waals surface area contributed by atoms with Crippen LogP contribution in [0.4, 0.5) is 4.79 Å². The third-order valence-electron chi connectivity index (χ3n) is 6.61. The number of rotatable bonds is 7. The maximum absolute atomic E-state index is 13.1. The molecule has 0 radical (unpaired) electrons. The van der Waals surface area contributed by atoms with Gasteiger partial charge in [0.05, 0.1) is 6.04 Å². The van der Waals surface area contributed by atoms with E-state index in [-0.39, 0.29) is 24.3 Å². The van der Waals surface area contributed by atoms with Gasteiger partial charge in [0.2, 0.25) is 0 Å². The fraction of sp³-hybridized carbons (Fsp3) is 0.333. The predicted molar refractivity (Wildman–Crippen MR) is 128 cm³/mol. The Hall–Kier alpha value is -3.38. The first-order valence-corrected chi connectivity index (χ1v) is 11.4. The molecule has 172 valence electrons. The van der Waals surface area contributed by atoms with Crippen molar-refractivity contribution in [1.29, 1.82) is 0 Å². The third-order valence-corrected chi connectivity index (χ3v) is 6.61. The number of cyclic esters (lactones) is 1. The van der Waals surface area contributed by atoms with Crippen molar-refractivity contribution in [2.75, 3.05) is 13.2 Å². The Labute approximate surface area is 194 Å². The van der Waals surface area contributed by atoms with Crippen molar-refractivity contribution in [3.05, 3.63) is 94.4 Å². The average Bonchev–Trinajstić information content (AvgIpc) is 2.85. The molecule has 0 bridgehead atoms. The number of hydrogen-bond acceptors (Lipinski definition) is 4. The van der Waals surface area contributed by atoms with Gasteiger partial charge >= 0.3 is 6.09 Å². The predicted octanol–water partition coefficient (Wildman–Crippen LogP) is 4.62. The van der Waals surface area contributed by atoms with Crippen LogP contribution < -0.4 is 5.56 Å². The molecule has 0 saturated carbocycles. The minimum Gasteiger partial charge on any atom is -0.438 e. The van der Waals surface area contributed by atoms with E-state index < -0.39 is 5.60 Å². The van der Waals surface area contributed by atoms with Gasteiger partial charge in [-0.25, -0.2) is 4.79 Å². The number of aliphatic hydroxyl groups excluding tert-OH is 1. The number of aliphatic hydroxyl groups is 1. The summed E-state index contributed by atoms with van der Waals surface area (Å²) in [5.41, 5.74) is 3.03. The number of ether oxygens (including phenoxy) is 1. The molecule has 3 aromatic rings. The molecular weight excluding hydrogens is 416 g/mol. The zero-order chi connectivity index (χ0) is 23.4. The van der Waals surface area contributed by atoms with Crippen LogP contribution in [0.1, 0.15) is 43.4 Å². The minimum absolute atomic E-state index is 0.0518. The summed E-state index contributed by atoms with van der Waals surface area (Å²) in [7, 11) is 1.73. The molecule has 0 spiro atoms. The Balaban J connectivity index is 1.51. The summed E-state index contributed by atoms with van der Waals surface area (Å²) in [6.45, 7) is 2.63. The molecule has 6 nitrogen and oxygen atoms in total. The molecule has 1 amide bonds. The number of amides is 1. The van der Waals surface area contributed by atoms with Crippen LogP contribution in [0.2, 0.25) is 0 Å². The van der Waals surface area contributed by atoms with E-state index in [0.29, 0.717) is 25.8 Å². The summed E-state index contributed by atoms with van der Waals surface area (Å²) >= 11 is 0. The molecule has 1 saturated heterocycles. The summed E-state index contributed by atoms with van der Waals surface area (Å²) < 4.78 is 7.61. The number of pyridine rings is 1. The minimum atomic E-state index is -0.708. The first-order chi connectivity index (χ1) is 15.9. The van der Waals surface area contributed by atoms with Crippen LogP contribution in [0, 0.1) is 0 Å². The first-order valence-electron chi connectivity index (χ1n) is 11.4. The molecule has 2 aromatic carbocycles. The van der Waals surface area contributed by atoms with E-state index in [0.717, 1.165) is 22.3 Å². The van der Waals surface area contributed by atoms with Crippen LogP contribution in [0.5, 0.6) is 0 Å². The molecule has 4 rings (SSSR count). The van der Waals surface area contributed by atoms with Crippen LogP contribution >= 0.6 is 0 Å². The van der Waals surface area contributed by atoms with Crippen LogP contribution in [0.3, 0.4) is 0 Å². The fourth-order valence-electron chi connectivity index (χ4n) is 4.51. The number of aryl methyl sites for hydroxylation is 1. The second-order valence-electron chi connectivity index (χ2n) is 8.66. The normalized spacial score (nSPS) is 19.2. The monoisotopic (exact) mass is 446 g/mol. The van der Waals surface area contributed by atoms with Gasteiger partial charge in [-0.05, 0) is 48.1 Å². The second kappa shape index (κ2) is 9.63. The number of carbonyl (C=O) groups is 1. The first kappa shape index (κ1) is 22.8. The Kier molecular flexibility index (Phi) is 6.65. The van der Waals surface area contributed by atoms with Crippen molar-refractivity contribution in [2.24, 2.45) is 7.05 Å². The Morgan fingerprint density at radius 3 is 2.39 bits per heavy atom. The average molecular weight is 447 g/mol. The van der Waals surface area contributed by atoms with Crippen molar-refractivity contribution in [2.45, 2.75) is 37.8 Å². The van der Waals surface area contributed by atoms with Gasteiger partial charge in [0, 0.05) is 38.9 Å². The molecule has 0 aliphatic carbocycles. The largest absolute Gasteiger partial charge is 0.438 e. The molecule has 33 heavy (non-hydrogen) atoms. The standard InChI is InChI=1S/C27H30N2O4/c1-20(21-9-11-22(12-10-21)23-13-16-28(2)25(31)19-23)29-17-15-27(14-6-18-30,33-26(29)32)24-7-4-3-5-8-24/h3-5,7-13,16,19-20,30H,6,14-15,17-18H2,1-2H3/t20-,27+/m0/s1. The number of carbonyl (C=O) groups excluding carboxylic acids is 1. The summed E-state index contributed by atoms with van der Waals surface area (Å²) in [6, 6.07) is 21.1. The molecule has 1 fully saturated rings. The van der Waals surface area contributed by atoms with E-state index in [2.05, 4.69) is 0 Å². The molecular formula is C27H30N2O4. The van der Waals surface area contributed by atoms with Crippen LogP contribution in [-0.2, 0) is 17.4 Å². The lowest BCUT2D eigenvalue weighted by molar-refractivity contribution is -0.0680. The lowest BCUT2D eigenvalue weighted by Gasteiger charge is -2.43. The van der Waals surface area contributed by atoms with Gasteiger partial charge in [-0.1, -0.05) is 54.6 Å². The van der Waals surface area contributed by atoms with Crippen molar-refractivity contribution >= 4 is 6.09 Å². The van der Waals surface area contributed by atoms with E-state index in [1.54, 1.807) is 24.2 Å². The zero-order valence-electron chi connectivity index (χ0n) is 19.1. The van der Waals surface area contributed by atoms with Gasteiger partial charge in [-0.2, -0.15) is 0 Å². The van der Waals surface area contributed by atoms with Crippen molar-refractivity contribution < 1.29 is 14.6 Å². The van der Waals surface area contributed by atoms with E-state index in [1.165, 1.54) is 4.57 Å². The van der Waals surface area contributed by atoms with Gasteiger partial charge in [-0.15, -0.1) is 0 Å². The lowest BCUT2D eigenvalue weighted by atomic mass is 9.84. The molecule has 1 aliphatic rings. The lowest BCUT2D eigenvalue weighted by Crippen LogP contribution is -2.48. The number of nitrogens with zero attached hydrogens (tertiary/aromatic N) is 2. The molecule has 0 unspecified atom stereocenters. The zero-order valence-corrected chi connectivity index (χ0v) is 19.1. The summed E-state index contributed by atoms with van der Waals surface area (Å²) in [4.78, 5) is 26.8. The highest BCUT2D eigenvalue weighted by Crippen LogP contribution is 2.40. The van der Waals surface area contributed by atoms with E-state index in [9.17, 15) is 14.7 Å². The Morgan fingerprint density at radius 2 is 1.76 bits per heavy atom. The van der Waals surface area contributed by atoms with Crippen molar-refractivity contribution in [3.8, 4) is 11.1 Å². The Morgan fingerprint density at radius 1 is 1.03 bits per heavy atom.